The van der Waals surface area contributed by atoms with Gasteiger partial charge in [0.2, 0.25) is 0 Å². The highest BCUT2D eigenvalue weighted by atomic mass is 16.5. The second kappa shape index (κ2) is 7.66. The first-order valence-corrected chi connectivity index (χ1v) is 7.70. The normalized spacial score (nSPS) is 22.3. The van der Waals surface area contributed by atoms with Crippen LogP contribution in [0.1, 0.15) is 32.3 Å². The molecule has 0 aliphatic carbocycles. The van der Waals surface area contributed by atoms with E-state index in [4.69, 9.17) is 14.2 Å². The van der Waals surface area contributed by atoms with Gasteiger partial charge in [-0.2, -0.15) is 0 Å². The molecule has 21 heavy (non-hydrogen) atoms. The topological polar surface area (TPSA) is 39.7 Å². The lowest BCUT2D eigenvalue weighted by Crippen LogP contribution is -2.40. The van der Waals surface area contributed by atoms with Crippen LogP contribution in [0.4, 0.5) is 0 Å². The van der Waals surface area contributed by atoms with Crippen molar-refractivity contribution < 1.29 is 14.2 Å². The first-order valence-electron chi connectivity index (χ1n) is 7.70. The van der Waals surface area contributed by atoms with E-state index < -0.39 is 0 Å². The van der Waals surface area contributed by atoms with E-state index in [2.05, 4.69) is 25.2 Å². The minimum Gasteiger partial charge on any atom is -0.493 e. The Bertz CT molecular complexity index is 448. The molecule has 118 valence electrons. The van der Waals surface area contributed by atoms with Gasteiger partial charge in [-0.3, -0.25) is 0 Å². The van der Waals surface area contributed by atoms with Crippen LogP contribution < -0.4 is 14.8 Å². The molecule has 0 saturated carbocycles. The van der Waals surface area contributed by atoms with E-state index in [0.29, 0.717) is 18.1 Å². The van der Waals surface area contributed by atoms with Gasteiger partial charge < -0.3 is 19.5 Å². The van der Waals surface area contributed by atoms with Crippen molar-refractivity contribution in [3.63, 3.8) is 0 Å². The summed E-state index contributed by atoms with van der Waals surface area (Å²) in [5.74, 6) is 2.13. The average molecular weight is 293 g/mol. The lowest BCUT2D eigenvalue weighted by atomic mass is 9.95. The third-order valence-electron chi connectivity index (χ3n) is 4.10. The third kappa shape index (κ3) is 4.35. The van der Waals surface area contributed by atoms with E-state index >= 15 is 0 Å². The van der Waals surface area contributed by atoms with Crippen LogP contribution in [0, 0.1) is 5.92 Å². The van der Waals surface area contributed by atoms with E-state index in [1.165, 1.54) is 5.56 Å². The molecular weight excluding hydrogens is 266 g/mol. The summed E-state index contributed by atoms with van der Waals surface area (Å²) in [6.45, 7) is 6.14. The maximum Gasteiger partial charge on any atom is 0.161 e. The highest BCUT2D eigenvalue weighted by Gasteiger charge is 2.24. The van der Waals surface area contributed by atoms with Crippen LogP contribution in [0.3, 0.4) is 0 Å². The van der Waals surface area contributed by atoms with Crippen molar-refractivity contribution in [2.75, 3.05) is 20.8 Å². The summed E-state index contributed by atoms with van der Waals surface area (Å²) in [7, 11) is 3.32. The molecule has 1 N–H and O–H groups in total. The Balaban J connectivity index is 1.90. The quantitative estimate of drug-likeness (QED) is 0.875. The average Bonchev–Trinajstić information content (AvgIpc) is 2.52. The first-order chi connectivity index (χ1) is 10.1. The van der Waals surface area contributed by atoms with Crippen LogP contribution in [-0.4, -0.2) is 33.0 Å². The van der Waals surface area contributed by atoms with E-state index in [1.807, 2.05) is 12.1 Å². The second-order valence-corrected chi connectivity index (χ2v) is 5.94. The SMILES string of the molecule is COc1ccc(CNC2CCOC(C(C)C)C2)cc1OC. The molecule has 4 nitrogen and oxygen atoms in total. The molecule has 1 aliphatic rings. The Morgan fingerprint density at radius 3 is 2.67 bits per heavy atom. The molecule has 0 bridgehead atoms. The molecule has 4 heteroatoms. The van der Waals surface area contributed by atoms with Crippen LogP contribution in [0.5, 0.6) is 11.5 Å². The minimum atomic E-state index is 0.377. The van der Waals surface area contributed by atoms with E-state index in [1.54, 1.807) is 14.2 Å². The number of hydrogen-bond acceptors (Lipinski definition) is 4. The summed E-state index contributed by atoms with van der Waals surface area (Å²) in [5, 5.41) is 3.64. The molecule has 0 aromatic heterocycles. The Morgan fingerprint density at radius 2 is 2.00 bits per heavy atom. The van der Waals surface area contributed by atoms with Crippen molar-refractivity contribution in [1.82, 2.24) is 5.32 Å². The van der Waals surface area contributed by atoms with E-state index in [9.17, 15) is 0 Å². The molecule has 0 amide bonds. The van der Waals surface area contributed by atoms with Gasteiger partial charge in [0.05, 0.1) is 20.3 Å². The van der Waals surface area contributed by atoms with Crippen LogP contribution in [0.15, 0.2) is 18.2 Å². The van der Waals surface area contributed by atoms with Crippen LogP contribution in [0.25, 0.3) is 0 Å². The van der Waals surface area contributed by atoms with Gasteiger partial charge in [0, 0.05) is 19.2 Å². The summed E-state index contributed by atoms with van der Waals surface area (Å²) in [5.41, 5.74) is 1.21. The monoisotopic (exact) mass is 293 g/mol. The summed E-state index contributed by atoms with van der Waals surface area (Å²) in [4.78, 5) is 0. The largest absolute Gasteiger partial charge is 0.493 e. The first kappa shape index (κ1) is 16.1. The molecule has 1 fully saturated rings. The lowest BCUT2D eigenvalue weighted by Gasteiger charge is -2.32. The van der Waals surface area contributed by atoms with Gasteiger partial charge in [0.1, 0.15) is 0 Å². The summed E-state index contributed by atoms with van der Waals surface area (Å²) < 4.78 is 16.4. The highest BCUT2D eigenvalue weighted by molar-refractivity contribution is 5.42. The maximum absolute atomic E-state index is 5.81. The zero-order chi connectivity index (χ0) is 15.2. The predicted octanol–water partition coefficient (Wildman–Crippen LogP) is 3.00. The summed E-state index contributed by atoms with van der Waals surface area (Å²) in [6, 6.07) is 6.59. The van der Waals surface area contributed by atoms with Crippen molar-refractivity contribution in [1.29, 1.82) is 0 Å². The van der Waals surface area contributed by atoms with Crippen molar-refractivity contribution in [3.8, 4) is 11.5 Å². The number of ether oxygens (including phenoxy) is 3. The molecule has 1 aliphatic heterocycles. The highest BCUT2D eigenvalue weighted by Crippen LogP contribution is 2.27. The number of methoxy groups -OCH3 is 2. The Hall–Kier alpha value is -1.26. The Morgan fingerprint density at radius 1 is 1.24 bits per heavy atom. The molecule has 1 aromatic rings. The molecule has 0 spiro atoms. The molecule has 2 rings (SSSR count). The summed E-state index contributed by atoms with van der Waals surface area (Å²) >= 11 is 0. The van der Waals surface area contributed by atoms with Gasteiger partial charge in [-0.15, -0.1) is 0 Å². The molecular formula is C17H27NO3. The number of nitrogens with one attached hydrogen (secondary N) is 1. The van der Waals surface area contributed by atoms with E-state index in [-0.39, 0.29) is 0 Å². The molecule has 2 unspecified atom stereocenters. The zero-order valence-corrected chi connectivity index (χ0v) is 13.5. The van der Waals surface area contributed by atoms with Crippen LogP contribution in [0.2, 0.25) is 0 Å². The van der Waals surface area contributed by atoms with Crippen molar-refractivity contribution in [2.45, 2.75) is 45.4 Å². The third-order valence-corrected chi connectivity index (χ3v) is 4.10. The van der Waals surface area contributed by atoms with Crippen LogP contribution in [-0.2, 0) is 11.3 Å². The lowest BCUT2D eigenvalue weighted by molar-refractivity contribution is -0.0245. The fraction of sp³-hybridized carbons (Fsp3) is 0.647. The zero-order valence-electron chi connectivity index (χ0n) is 13.5. The van der Waals surface area contributed by atoms with Gasteiger partial charge in [-0.25, -0.2) is 0 Å². The molecule has 1 aromatic carbocycles. The summed E-state index contributed by atoms with van der Waals surface area (Å²) in [6.07, 6.45) is 2.54. The minimum absolute atomic E-state index is 0.377. The van der Waals surface area contributed by atoms with Gasteiger partial charge in [-0.05, 0) is 36.5 Å². The molecule has 0 radical (unpaired) electrons. The van der Waals surface area contributed by atoms with Gasteiger partial charge in [0.15, 0.2) is 11.5 Å². The molecule has 1 saturated heterocycles. The fourth-order valence-electron chi connectivity index (χ4n) is 2.73. The second-order valence-electron chi connectivity index (χ2n) is 5.94. The van der Waals surface area contributed by atoms with Crippen molar-refractivity contribution in [2.24, 2.45) is 5.92 Å². The smallest absolute Gasteiger partial charge is 0.161 e. The van der Waals surface area contributed by atoms with Gasteiger partial charge in [-0.1, -0.05) is 19.9 Å². The fourth-order valence-corrected chi connectivity index (χ4v) is 2.73. The van der Waals surface area contributed by atoms with Crippen molar-refractivity contribution in [3.05, 3.63) is 23.8 Å². The Labute approximate surface area is 127 Å². The predicted molar refractivity (Wildman–Crippen MR) is 84.0 cm³/mol. The van der Waals surface area contributed by atoms with Gasteiger partial charge >= 0.3 is 0 Å². The molecule has 1 heterocycles. The number of rotatable bonds is 6. The Kier molecular flexibility index (Phi) is 5.88. The van der Waals surface area contributed by atoms with Crippen molar-refractivity contribution >= 4 is 0 Å². The number of hydrogen-bond donors (Lipinski definition) is 1. The van der Waals surface area contributed by atoms with Crippen LogP contribution >= 0.6 is 0 Å². The van der Waals surface area contributed by atoms with E-state index in [0.717, 1.165) is 37.5 Å². The molecule has 2 atom stereocenters. The standard InChI is InChI=1S/C17H27NO3/c1-12(2)16-10-14(7-8-21-16)18-11-13-5-6-15(19-3)17(9-13)20-4/h5-6,9,12,14,16,18H,7-8,10-11H2,1-4H3. The maximum atomic E-state index is 5.81. The number of benzene rings is 1. The van der Waals surface area contributed by atoms with Gasteiger partial charge in [0.25, 0.3) is 0 Å².